The van der Waals surface area contributed by atoms with Gasteiger partial charge in [0, 0.05) is 17.9 Å². The van der Waals surface area contributed by atoms with Gasteiger partial charge < -0.3 is 14.8 Å². The van der Waals surface area contributed by atoms with Crippen molar-refractivity contribution in [3.05, 3.63) is 17.5 Å². The van der Waals surface area contributed by atoms with Crippen molar-refractivity contribution in [1.82, 2.24) is 9.97 Å². The van der Waals surface area contributed by atoms with Gasteiger partial charge >= 0.3 is 0 Å². The van der Waals surface area contributed by atoms with Gasteiger partial charge in [0.05, 0.1) is 25.9 Å². The SMILES string of the molecule is Cc1cc(C(C)C)nc(NCC2COCCO2)n1. The average molecular weight is 251 g/mol. The zero-order valence-electron chi connectivity index (χ0n) is 11.3. The van der Waals surface area contributed by atoms with E-state index in [4.69, 9.17) is 9.47 Å². The second-order valence-corrected chi connectivity index (χ2v) is 4.86. The van der Waals surface area contributed by atoms with E-state index in [1.54, 1.807) is 0 Å². The van der Waals surface area contributed by atoms with Crippen molar-refractivity contribution in [1.29, 1.82) is 0 Å². The Kier molecular flexibility index (Phi) is 4.49. The Labute approximate surface area is 108 Å². The van der Waals surface area contributed by atoms with Gasteiger partial charge in [-0.05, 0) is 18.9 Å². The smallest absolute Gasteiger partial charge is 0.223 e. The summed E-state index contributed by atoms with van der Waals surface area (Å²) in [5.41, 5.74) is 2.04. The van der Waals surface area contributed by atoms with Gasteiger partial charge in [-0.2, -0.15) is 0 Å². The molecule has 0 amide bonds. The van der Waals surface area contributed by atoms with Crippen LogP contribution >= 0.6 is 0 Å². The summed E-state index contributed by atoms with van der Waals surface area (Å²) >= 11 is 0. The number of rotatable bonds is 4. The van der Waals surface area contributed by atoms with Crippen LogP contribution in [-0.2, 0) is 9.47 Å². The summed E-state index contributed by atoms with van der Waals surface area (Å²) in [6.07, 6.45) is 0.0883. The van der Waals surface area contributed by atoms with Crippen LogP contribution in [0.3, 0.4) is 0 Å². The van der Waals surface area contributed by atoms with Crippen molar-refractivity contribution in [2.24, 2.45) is 0 Å². The van der Waals surface area contributed by atoms with E-state index in [1.165, 1.54) is 0 Å². The first-order valence-corrected chi connectivity index (χ1v) is 6.44. The number of hydrogen-bond donors (Lipinski definition) is 1. The monoisotopic (exact) mass is 251 g/mol. The highest BCUT2D eigenvalue weighted by Crippen LogP contribution is 2.14. The van der Waals surface area contributed by atoms with Gasteiger partial charge in [-0.1, -0.05) is 13.8 Å². The largest absolute Gasteiger partial charge is 0.376 e. The number of anilines is 1. The van der Waals surface area contributed by atoms with E-state index >= 15 is 0 Å². The van der Waals surface area contributed by atoms with Crippen LogP contribution in [0.25, 0.3) is 0 Å². The van der Waals surface area contributed by atoms with Gasteiger partial charge in [0.1, 0.15) is 0 Å². The lowest BCUT2D eigenvalue weighted by Gasteiger charge is -2.23. The van der Waals surface area contributed by atoms with Gasteiger partial charge in [0.2, 0.25) is 5.95 Å². The molecule has 2 rings (SSSR count). The number of aromatic nitrogens is 2. The molecule has 1 atom stereocenters. The molecule has 1 unspecified atom stereocenters. The maximum absolute atomic E-state index is 5.56. The minimum Gasteiger partial charge on any atom is -0.376 e. The third-order valence-corrected chi connectivity index (χ3v) is 2.84. The molecular weight excluding hydrogens is 230 g/mol. The summed E-state index contributed by atoms with van der Waals surface area (Å²) in [7, 11) is 0. The van der Waals surface area contributed by atoms with Crippen LogP contribution in [-0.4, -0.2) is 42.4 Å². The Hall–Kier alpha value is -1.20. The molecule has 1 aliphatic rings. The minimum absolute atomic E-state index is 0.0883. The molecule has 5 heteroatoms. The number of hydrogen-bond acceptors (Lipinski definition) is 5. The fraction of sp³-hybridized carbons (Fsp3) is 0.692. The lowest BCUT2D eigenvalue weighted by atomic mass is 10.1. The Morgan fingerprint density at radius 3 is 2.89 bits per heavy atom. The fourth-order valence-corrected chi connectivity index (χ4v) is 1.83. The van der Waals surface area contributed by atoms with Crippen molar-refractivity contribution in [3.8, 4) is 0 Å². The van der Waals surface area contributed by atoms with E-state index in [0.717, 1.165) is 11.4 Å². The number of aryl methyl sites for hydroxylation is 1. The molecule has 0 bridgehead atoms. The topological polar surface area (TPSA) is 56.3 Å². The van der Waals surface area contributed by atoms with Crippen LogP contribution in [0.15, 0.2) is 6.07 Å². The van der Waals surface area contributed by atoms with Crippen LogP contribution in [0.1, 0.15) is 31.2 Å². The summed E-state index contributed by atoms with van der Waals surface area (Å²) in [6, 6.07) is 2.02. The van der Waals surface area contributed by atoms with Crippen LogP contribution in [0.4, 0.5) is 5.95 Å². The first kappa shape index (κ1) is 13.2. The average Bonchev–Trinajstić information content (AvgIpc) is 2.37. The summed E-state index contributed by atoms with van der Waals surface area (Å²) < 4.78 is 10.9. The molecule has 0 spiro atoms. The standard InChI is InChI=1S/C13H21N3O2/c1-9(2)12-6-10(3)15-13(16-12)14-7-11-8-17-4-5-18-11/h6,9,11H,4-5,7-8H2,1-3H3,(H,14,15,16). The lowest BCUT2D eigenvalue weighted by Crippen LogP contribution is -2.34. The van der Waals surface area contributed by atoms with Crippen molar-refractivity contribution in [2.75, 3.05) is 31.7 Å². The first-order chi connectivity index (χ1) is 8.65. The van der Waals surface area contributed by atoms with Crippen molar-refractivity contribution in [3.63, 3.8) is 0 Å². The van der Waals surface area contributed by atoms with Crippen LogP contribution < -0.4 is 5.32 Å². The maximum Gasteiger partial charge on any atom is 0.223 e. The molecule has 0 radical (unpaired) electrons. The molecule has 1 aromatic heterocycles. The highest BCUT2D eigenvalue weighted by Gasteiger charge is 2.14. The van der Waals surface area contributed by atoms with Gasteiger partial charge in [0.25, 0.3) is 0 Å². The predicted molar refractivity (Wildman–Crippen MR) is 69.9 cm³/mol. The van der Waals surface area contributed by atoms with Crippen LogP contribution in [0.2, 0.25) is 0 Å². The molecule has 1 aliphatic heterocycles. The predicted octanol–water partition coefficient (Wildman–Crippen LogP) is 1.74. The quantitative estimate of drug-likeness (QED) is 0.883. The summed E-state index contributed by atoms with van der Waals surface area (Å²) in [4.78, 5) is 8.88. The molecule has 18 heavy (non-hydrogen) atoms. The molecule has 1 fully saturated rings. The summed E-state index contributed by atoms with van der Waals surface area (Å²) in [6.45, 7) is 8.91. The Morgan fingerprint density at radius 1 is 1.39 bits per heavy atom. The first-order valence-electron chi connectivity index (χ1n) is 6.44. The van der Waals surface area contributed by atoms with E-state index in [1.807, 2.05) is 13.0 Å². The minimum atomic E-state index is 0.0883. The van der Waals surface area contributed by atoms with E-state index in [0.29, 0.717) is 38.2 Å². The highest BCUT2D eigenvalue weighted by molar-refractivity contribution is 5.29. The molecule has 1 saturated heterocycles. The van der Waals surface area contributed by atoms with E-state index in [-0.39, 0.29) is 6.10 Å². The number of ether oxygens (including phenoxy) is 2. The molecule has 1 N–H and O–H groups in total. The number of nitrogens with zero attached hydrogens (tertiary/aromatic N) is 2. The Balaban J connectivity index is 1.95. The lowest BCUT2D eigenvalue weighted by molar-refractivity contribution is -0.0819. The summed E-state index contributed by atoms with van der Waals surface area (Å²) in [5, 5.41) is 3.22. The normalized spacial score (nSPS) is 20.1. The van der Waals surface area contributed by atoms with E-state index in [2.05, 4.69) is 29.1 Å². The molecule has 2 heterocycles. The van der Waals surface area contributed by atoms with Crippen molar-refractivity contribution < 1.29 is 9.47 Å². The molecule has 0 aromatic carbocycles. The second-order valence-electron chi connectivity index (χ2n) is 4.86. The van der Waals surface area contributed by atoms with Crippen LogP contribution in [0.5, 0.6) is 0 Å². The van der Waals surface area contributed by atoms with Crippen molar-refractivity contribution >= 4 is 5.95 Å². The molecular formula is C13H21N3O2. The fourth-order valence-electron chi connectivity index (χ4n) is 1.83. The number of nitrogens with one attached hydrogen (secondary N) is 1. The van der Waals surface area contributed by atoms with Gasteiger partial charge in [-0.3, -0.25) is 0 Å². The second kappa shape index (κ2) is 6.11. The zero-order valence-corrected chi connectivity index (χ0v) is 11.3. The molecule has 5 nitrogen and oxygen atoms in total. The van der Waals surface area contributed by atoms with E-state index in [9.17, 15) is 0 Å². The van der Waals surface area contributed by atoms with Gasteiger partial charge in [-0.25, -0.2) is 9.97 Å². The Bertz CT molecular complexity index is 390. The molecule has 0 aliphatic carbocycles. The van der Waals surface area contributed by atoms with Gasteiger partial charge in [0.15, 0.2) is 0 Å². The molecule has 1 aromatic rings. The zero-order chi connectivity index (χ0) is 13.0. The van der Waals surface area contributed by atoms with Gasteiger partial charge in [-0.15, -0.1) is 0 Å². The Morgan fingerprint density at radius 2 is 2.22 bits per heavy atom. The molecule has 0 saturated carbocycles. The highest BCUT2D eigenvalue weighted by atomic mass is 16.6. The molecule has 100 valence electrons. The summed E-state index contributed by atoms with van der Waals surface area (Å²) in [5.74, 6) is 1.08. The van der Waals surface area contributed by atoms with Crippen LogP contribution in [0, 0.1) is 6.92 Å². The van der Waals surface area contributed by atoms with E-state index < -0.39 is 0 Å². The third kappa shape index (κ3) is 3.65. The van der Waals surface area contributed by atoms with Crippen molar-refractivity contribution in [2.45, 2.75) is 32.8 Å². The maximum atomic E-state index is 5.56. The third-order valence-electron chi connectivity index (χ3n) is 2.84.